The minimum atomic E-state index is -0.192. The highest BCUT2D eigenvalue weighted by molar-refractivity contribution is 5.93. The summed E-state index contributed by atoms with van der Waals surface area (Å²) in [6, 6.07) is 17.6. The molecule has 1 unspecified atom stereocenters. The Morgan fingerprint density at radius 1 is 0.897 bits per heavy atom. The SMILES string of the molecule is COc1cc(OC)c(OC)cc1/C=C/C(=O)NC(C)c1cccc2ccccc12. The number of nitrogens with one attached hydrogen (secondary N) is 1. The second-order valence-electron chi connectivity index (χ2n) is 6.58. The van der Waals surface area contributed by atoms with Crippen molar-refractivity contribution in [2.24, 2.45) is 0 Å². The number of hydrogen-bond acceptors (Lipinski definition) is 4. The first-order valence-electron chi connectivity index (χ1n) is 9.33. The summed E-state index contributed by atoms with van der Waals surface area (Å²) in [5.74, 6) is 1.53. The minimum absolute atomic E-state index is 0.134. The molecule has 0 bridgehead atoms. The number of methoxy groups -OCH3 is 3. The lowest BCUT2D eigenvalue weighted by Gasteiger charge is -2.16. The van der Waals surface area contributed by atoms with E-state index in [1.165, 1.54) is 6.08 Å². The van der Waals surface area contributed by atoms with Crippen molar-refractivity contribution in [1.82, 2.24) is 5.32 Å². The van der Waals surface area contributed by atoms with Crippen molar-refractivity contribution >= 4 is 22.8 Å². The molecule has 0 aliphatic rings. The fourth-order valence-corrected chi connectivity index (χ4v) is 3.32. The van der Waals surface area contributed by atoms with Gasteiger partial charge in [-0.05, 0) is 35.4 Å². The van der Waals surface area contributed by atoms with Crippen LogP contribution in [-0.4, -0.2) is 27.2 Å². The number of benzene rings is 3. The van der Waals surface area contributed by atoms with Gasteiger partial charge in [0.2, 0.25) is 5.91 Å². The number of carbonyl (C=O) groups excluding carboxylic acids is 1. The van der Waals surface area contributed by atoms with E-state index >= 15 is 0 Å². The average Bonchev–Trinajstić information content (AvgIpc) is 2.76. The molecular formula is C24H25NO4. The largest absolute Gasteiger partial charge is 0.496 e. The summed E-state index contributed by atoms with van der Waals surface area (Å²) in [5, 5.41) is 5.31. The van der Waals surface area contributed by atoms with Gasteiger partial charge in [0.1, 0.15) is 5.75 Å². The quantitative estimate of drug-likeness (QED) is 0.590. The summed E-state index contributed by atoms with van der Waals surface area (Å²) in [6.07, 6.45) is 3.19. The zero-order chi connectivity index (χ0) is 20.8. The van der Waals surface area contributed by atoms with Crippen LogP contribution in [-0.2, 0) is 4.79 Å². The summed E-state index contributed by atoms with van der Waals surface area (Å²) >= 11 is 0. The van der Waals surface area contributed by atoms with Gasteiger partial charge in [-0.1, -0.05) is 42.5 Å². The third kappa shape index (κ3) is 4.51. The van der Waals surface area contributed by atoms with Crippen LogP contribution in [0.1, 0.15) is 24.1 Å². The van der Waals surface area contributed by atoms with E-state index in [4.69, 9.17) is 14.2 Å². The third-order valence-electron chi connectivity index (χ3n) is 4.80. The fraction of sp³-hybridized carbons (Fsp3) is 0.208. The molecule has 0 fully saturated rings. The Balaban J connectivity index is 1.79. The van der Waals surface area contributed by atoms with Gasteiger partial charge in [0, 0.05) is 17.7 Å². The smallest absolute Gasteiger partial charge is 0.244 e. The van der Waals surface area contributed by atoms with Crippen molar-refractivity contribution in [3.05, 3.63) is 71.8 Å². The van der Waals surface area contributed by atoms with Crippen LogP contribution < -0.4 is 19.5 Å². The third-order valence-corrected chi connectivity index (χ3v) is 4.80. The summed E-state index contributed by atoms with van der Waals surface area (Å²) in [6.45, 7) is 1.98. The van der Waals surface area contributed by atoms with Crippen molar-refractivity contribution in [3.63, 3.8) is 0 Å². The molecule has 0 spiro atoms. The molecule has 0 saturated carbocycles. The highest BCUT2D eigenvalue weighted by atomic mass is 16.5. The molecule has 1 N–H and O–H groups in total. The molecule has 0 aromatic heterocycles. The summed E-state index contributed by atoms with van der Waals surface area (Å²) in [7, 11) is 4.70. The standard InChI is InChI=1S/C24H25NO4/c1-16(19-11-7-9-17-8-5-6-10-20(17)19)25-24(26)13-12-18-14-22(28-3)23(29-4)15-21(18)27-2/h5-16H,1-4H3,(H,25,26)/b13-12+. The van der Waals surface area contributed by atoms with Crippen LogP contribution in [0.5, 0.6) is 17.2 Å². The predicted molar refractivity (Wildman–Crippen MR) is 116 cm³/mol. The maximum absolute atomic E-state index is 12.5. The molecular weight excluding hydrogens is 366 g/mol. The van der Waals surface area contributed by atoms with Gasteiger partial charge in [0.05, 0.1) is 27.4 Å². The minimum Gasteiger partial charge on any atom is -0.496 e. The van der Waals surface area contributed by atoms with Crippen molar-refractivity contribution < 1.29 is 19.0 Å². The first-order chi connectivity index (χ1) is 14.1. The van der Waals surface area contributed by atoms with Gasteiger partial charge < -0.3 is 19.5 Å². The maximum atomic E-state index is 12.5. The zero-order valence-electron chi connectivity index (χ0n) is 17.1. The van der Waals surface area contributed by atoms with E-state index in [0.717, 1.165) is 21.9 Å². The zero-order valence-corrected chi connectivity index (χ0v) is 17.1. The van der Waals surface area contributed by atoms with Crippen LogP contribution in [0.3, 0.4) is 0 Å². The van der Waals surface area contributed by atoms with E-state index in [2.05, 4.69) is 23.5 Å². The van der Waals surface area contributed by atoms with E-state index in [0.29, 0.717) is 17.2 Å². The second kappa shape index (κ2) is 9.15. The van der Waals surface area contributed by atoms with Gasteiger partial charge in [-0.25, -0.2) is 0 Å². The lowest BCUT2D eigenvalue weighted by molar-refractivity contribution is -0.117. The predicted octanol–water partition coefficient (Wildman–Crippen LogP) is 4.76. The Labute approximate surface area is 170 Å². The molecule has 150 valence electrons. The van der Waals surface area contributed by atoms with E-state index in [-0.39, 0.29) is 11.9 Å². The highest BCUT2D eigenvalue weighted by Crippen LogP contribution is 2.35. The first-order valence-corrected chi connectivity index (χ1v) is 9.33. The van der Waals surface area contributed by atoms with Gasteiger partial charge in [0.15, 0.2) is 11.5 Å². The van der Waals surface area contributed by atoms with Gasteiger partial charge in [-0.3, -0.25) is 4.79 Å². The Morgan fingerprint density at radius 2 is 1.55 bits per heavy atom. The van der Waals surface area contributed by atoms with E-state index in [1.807, 2.05) is 31.2 Å². The molecule has 5 heteroatoms. The molecule has 1 amide bonds. The van der Waals surface area contributed by atoms with E-state index < -0.39 is 0 Å². The molecule has 0 heterocycles. The molecule has 29 heavy (non-hydrogen) atoms. The summed E-state index contributed by atoms with van der Waals surface area (Å²) < 4.78 is 16.0. The van der Waals surface area contributed by atoms with Crippen LogP contribution in [0, 0.1) is 0 Å². The summed E-state index contributed by atoms with van der Waals surface area (Å²) in [5.41, 5.74) is 1.80. The number of hydrogen-bond donors (Lipinski definition) is 1. The number of amides is 1. The lowest BCUT2D eigenvalue weighted by atomic mass is 10.00. The van der Waals surface area contributed by atoms with Gasteiger partial charge in [0.25, 0.3) is 0 Å². The summed E-state index contributed by atoms with van der Waals surface area (Å²) in [4.78, 5) is 12.5. The molecule has 0 saturated heterocycles. The van der Waals surface area contributed by atoms with Crippen LogP contribution in [0.4, 0.5) is 0 Å². The number of ether oxygens (including phenoxy) is 3. The first kappa shape index (κ1) is 20.3. The molecule has 1 atom stereocenters. The van der Waals surface area contributed by atoms with Crippen molar-refractivity contribution in [2.45, 2.75) is 13.0 Å². The number of rotatable bonds is 7. The molecule has 3 aromatic carbocycles. The Morgan fingerprint density at radius 3 is 2.28 bits per heavy atom. The molecule has 0 aliphatic heterocycles. The maximum Gasteiger partial charge on any atom is 0.244 e. The van der Waals surface area contributed by atoms with Crippen LogP contribution >= 0.6 is 0 Å². The number of carbonyl (C=O) groups is 1. The van der Waals surface area contributed by atoms with Crippen LogP contribution in [0.2, 0.25) is 0 Å². The van der Waals surface area contributed by atoms with E-state index in [9.17, 15) is 4.79 Å². The monoisotopic (exact) mass is 391 g/mol. The van der Waals surface area contributed by atoms with Crippen molar-refractivity contribution in [1.29, 1.82) is 0 Å². The molecule has 3 rings (SSSR count). The van der Waals surface area contributed by atoms with E-state index in [1.54, 1.807) is 39.5 Å². The highest BCUT2D eigenvalue weighted by Gasteiger charge is 2.12. The second-order valence-corrected chi connectivity index (χ2v) is 6.58. The molecule has 0 radical (unpaired) electrons. The van der Waals surface area contributed by atoms with Crippen LogP contribution in [0.25, 0.3) is 16.8 Å². The normalized spacial score (nSPS) is 12.0. The van der Waals surface area contributed by atoms with Gasteiger partial charge >= 0.3 is 0 Å². The van der Waals surface area contributed by atoms with Crippen LogP contribution in [0.15, 0.2) is 60.7 Å². The Hall–Kier alpha value is -3.47. The average molecular weight is 391 g/mol. The Kier molecular flexibility index (Phi) is 6.39. The van der Waals surface area contributed by atoms with Gasteiger partial charge in [-0.2, -0.15) is 0 Å². The fourth-order valence-electron chi connectivity index (χ4n) is 3.32. The topological polar surface area (TPSA) is 56.8 Å². The molecule has 0 aliphatic carbocycles. The lowest BCUT2D eigenvalue weighted by Crippen LogP contribution is -2.24. The van der Waals surface area contributed by atoms with Crippen molar-refractivity contribution in [2.75, 3.05) is 21.3 Å². The molecule has 3 aromatic rings. The Bertz CT molecular complexity index is 1040. The van der Waals surface area contributed by atoms with Gasteiger partial charge in [-0.15, -0.1) is 0 Å². The van der Waals surface area contributed by atoms with Crippen molar-refractivity contribution in [3.8, 4) is 17.2 Å². The molecule has 5 nitrogen and oxygen atoms in total. The number of fused-ring (bicyclic) bond motifs is 1.